The summed E-state index contributed by atoms with van der Waals surface area (Å²) < 4.78 is 28.1. The van der Waals surface area contributed by atoms with Crippen molar-refractivity contribution in [2.24, 2.45) is 0 Å². The average Bonchev–Trinajstić information content (AvgIpc) is 2.73. The molecular weight excluding hydrogens is 383 g/mol. The Hall–Kier alpha value is -1.97. The van der Waals surface area contributed by atoms with Crippen LogP contribution in [0, 0.1) is 0 Å². The fraction of sp³-hybridized carbons (Fsp3) is 0.333. The van der Waals surface area contributed by atoms with Gasteiger partial charge in [0.15, 0.2) is 0 Å². The van der Waals surface area contributed by atoms with Crippen molar-refractivity contribution in [2.45, 2.75) is 33.1 Å². The van der Waals surface area contributed by atoms with Crippen LogP contribution < -0.4 is 0 Å². The molecule has 0 aliphatic heterocycles. The number of hydrogen-bond donors (Lipinski definition) is 0. The van der Waals surface area contributed by atoms with Crippen molar-refractivity contribution in [3.05, 3.63) is 60.2 Å². The zero-order valence-corrected chi connectivity index (χ0v) is 17.9. The molecule has 0 atom stereocenters. The van der Waals surface area contributed by atoms with E-state index in [2.05, 4.69) is 54.6 Å². The first-order valence-electron chi connectivity index (χ1n) is 10.3. The first-order valence-corrected chi connectivity index (χ1v) is 11.8. The minimum absolute atomic E-state index is 0.306. The number of hydrogen-bond acceptors (Lipinski definition) is 4. The number of aryl methyl sites for hydroxylation is 1. The SMILES string of the molecule is CCOP(=O)(OCC)OCCCCc1ccc2ccc3cccc4ccc1c2c34. The van der Waals surface area contributed by atoms with Gasteiger partial charge in [-0.2, -0.15) is 0 Å². The Balaban J connectivity index is 1.48. The van der Waals surface area contributed by atoms with Gasteiger partial charge in [0.25, 0.3) is 0 Å². The van der Waals surface area contributed by atoms with Gasteiger partial charge in [0.2, 0.25) is 0 Å². The lowest BCUT2D eigenvalue weighted by molar-refractivity contribution is 0.120. The van der Waals surface area contributed by atoms with Crippen molar-refractivity contribution in [1.29, 1.82) is 0 Å². The molecule has 0 N–H and O–H groups in total. The molecule has 0 saturated carbocycles. The third kappa shape index (κ3) is 4.17. The summed E-state index contributed by atoms with van der Waals surface area (Å²) in [6, 6.07) is 19.8. The van der Waals surface area contributed by atoms with Crippen LogP contribution in [0.25, 0.3) is 32.3 Å². The quantitative estimate of drug-likeness (QED) is 0.159. The topological polar surface area (TPSA) is 44.8 Å². The predicted octanol–water partition coefficient (Wildman–Crippen LogP) is 7.10. The van der Waals surface area contributed by atoms with Gasteiger partial charge in [0.05, 0.1) is 19.8 Å². The molecule has 0 aromatic heterocycles. The Morgan fingerprint density at radius 1 is 0.724 bits per heavy atom. The van der Waals surface area contributed by atoms with Gasteiger partial charge in [-0.15, -0.1) is 0 Å². The summed E-state index contributed by atoms with van der Waals surface area (Å²) in [4.78, 5) is 0. The molecule has 4 nitrogen and oxygen atoms in total. The van der Waals surface area contributed by atoms with Crippen molar-refractivity contribution in [3.8, 4) is 0 Å². The summed E-state index contributed by atoms with van der Waals surface area (Å²) in [6.07, 6.45) is 2.69. The summed E-state index contributed by atoms with van der Waals surface area (Å²) >= 11 is 0. The van der Waals surface area contributed by atoms with E-state index in [1.54, 1.807) is 13.8 Å². The third-order valence-corrected chi connectivity index (χ3v) is 6.93. The molecular formula is C24H27O4P. The molecule has 152 valence electrons. The van der Waals surface area contributed by atoms with Gasteiger partial charge in [0, 0.05) is 0 Å². The van der Waals surface area contributed by atoms with Gasteiger partial charge in [-0.3, -0.25) is 13.6 Å². The van der Waals surface area contributed by atoms with Crippen molar-refractivity contribution < 1.29 is 18.1 Å². The second kappa shape index (κ2) is 8.81. The third-order valence-electron chi connectivity index (χ3n) is 5.28. The minimum Gasteiger partial charge on any atom is -0.287 e. The van der Waals surface area contributed by atoms with E-state index >= 15 is 0 Å². The molecule has 0 fully saturated rings. The molecule has 4 aromatic carbocycles. The monoisotopic (exact) mass is 410 g/mol. The summed E-state index contributed by atoms with van der Waals surface area (Å²) in [5.41, 5.74) is 1.34. The predicted molar refractivity (Wildman–Crippen MR) is 120 cm³/mol. The summed E-state index contributed by atoms with van der Waals surface area (Å²) in [5, 5.41) is 7.88. The van der Waals surface area contributed by atoms with Crippen LogP contribution in [0.1, 0.15) is 32.3 Å². The summed E-state index contributed by atoms with van der Waals surface area (Å²) in [5.74, 6) is 0. The van der Waals surface area contributed by atoms with Gasteiger partial charge in [0.1, 0.15) is 0 Å². The Kier molecular flexibility index (Phi) is 6.17. The second-order valence-electron chi connectivity index (χ2n) is 7.15. The maximum absolute atomic E-state index is 12.3. The molecule has 0 aliphatic carbocycles. The highest BCUT2D eigenvalue weighted by Crippen LogP contribution is 2.49. The zero-order valence-electron chi connectivity index (χ0n) is 17.0. The van der Waals surface area contributed by atoms with E-state index < -0.39 is 7.82 Å². The Morgan fingerprint density at radius 2 is 1.34 bits per heavy atom. The van der Waals surface area contributed by atoms with Crippen LogP contribution in [0.5, 0.6) is 0 Å². The molecule has 5 heteroatoms. The van der Waals surface area contributed by atoms with E-state index in [-0.39, 0.29) is 0 Å². The smallest absolute Gasteiger partial charge is 0.287 e. The van der Waals surface area contributed by atoms with Gasteiger partial charge < -0.3 is 0 Å². The highest BCUT2D eigenvalue weighted by molar-refractivity contribution is 7.48. The highest BCUT2D eigenvalue weighted by Gasteiger charge is 2.24. The van der Waals surface area contributed by atoms with Gasteiger partial charge in [-0.05, 0) is 71.0 Å². The van der Waals surface area contributed by atoms with E-state index in [1.807, 2.05) is 0 Å². The zero-order chi connectivity index (χ0) is 20.3. The average molecular weight is 410 g/mol. The minimum atomic E-state index is -3.41. The highest BCUT2D eigenvalue weighted by atomic mass is 31.2. The van der Waals surface area contributed by atoms with Crippen LogP contribution in [0.2, 0.25) is 0 Å². The Morgan fingerprint density at radius 3 is 2.03 bits per heavy atom. The van der Waals surface area contributed by atoms with Crippen molar-refractivity contribution in [1.82, 2.24) is 0 Å². The number of phosphoric acid groups is 1. The molecule has 0 bridgehead atoms. The van der Waals surface area contributed by atoms with E-state index in [9.17, 15) is 4.57 Å². The van der Waals surface area contributed by atoms with Crippen LogP contribution in [0.4, 0.5) is 0 Å². The van der Waals surface area contributed by atoms with E-state index in [0.717, 1.165) is 19.3 Å². The number of rotatable bonds is 10. The molecule has 0 saturated heterocycles. The van der Waals surface area contributed by atoms with Crippen LogP contribution in [0.3, 0.4) is 0 Å². The molecule has 0 spiro atoms. The Labute approximate surface area is 171 Å². The molecule has 0 heterocycles. The second-order valence-corrected chi connectivity index (χ2v) is 8.82. The Bertz CT molecular complexity index is 1130. The molecule has 29 heavy (non-hydrogen) atoms. The lowest BCUT2D eigenvalue weighted by Gasteiger charge is -2.16. The van der Waals surface area contributed by atoms with Crippen LogP contribution >= 0.6 is 7.82 Å². The van der Waals surface area contributed by atoms with Gasteiger partial charge in [-0.25, -0.2) is 4.57 Å². The molecule has 0 amide bonds. The van der Waals surface area contributed by atoms with Gasteiger partial charge in [-0.1, -0.05) is 54.6 Å². The first kappa shape index (κ1) is 20.3. The van der Waals surface area contributed by atoms with E-state index in [0.29, 0.717) is 19.8 Å². The normalized spacial score (nSPS) is 12.5. The van der Waals surface area contributed by atoms with Crippen LogP contribution in [-0.2, 0) is 24.6 Å². The fourth-order valence-corrected chi connectivity index (χ4v) is 5.24. The number of unbranched alkanes of at least 4 members (excludes halogenated alkanes) is 1. The maximum atomic E-state index is 12.3. The molecule has 0 radical (unpaired) electrons. The summed E-state index contributed by atoms with van der Waals surface area (Å²) in [6.45, 7) is 4.54. The van der Waals surface area contributed by atoms with E-state index in [1.165, 1.54) is 37.9 Å². The molecule has 0 unspecified atom stereocenters. The molecule has 4 aromatic rings. The van der Waals surface area contributed by atoms with Crippen molar-refractivity contribution in [2.75, 3.05) is 19.8 Å². The van der Waals surface area contributed by atoms with Crippen molar-refractivity contribution in [3.63, 3.8) is 0 Å². The fourth-order valence-electron chi connectivity index (χ4n) is 4.04. The van der Waals surface area contributed by atoms with Crippen LogP contribution in [-0.4, -0.2) is 19.8 Å². The number of benzene rings is 4. The maximum Gasteiger partial charge on any atom is 0.474 e. The first-order chi connectivity index (χ1) is 14.1. The lowest BCUT2D eigenvalue weighted by atomic mass is 9.91. The molecule has 0 aliphatic rings. The summed E-state index contributed by atoms with van der Waals surface area (Å²) in [7, 11) is -3.41. The van der Waals surface area contributed by atoms with Gasteiger partial charge >= 0.3 is 7.82 Å². The van der Waals surface area contributed by atoms with Crippen molar-refractivity contribution >= 4 is 40.1 Å². The van der Waals surface area contributed by atoms with E-state index in [4.69, 9.17) is 13.6 Å². The lowest BCUT2D eigenvalue weighted by Crippen LogP contribution is -2.02. The molecule has 4 rings (SSSR count). The van der Waals surface area contributed by atoms with Crippen LogP contribution in [0.15, 0.2) is 54.6 Å². The largest absolute Gasteiger partial charge is 0.474 e. The number of phosphoric ester groups is 1. The standard InChI is InChI=1S/C24H27O4P/c1-3-26-29(25,27-4-2)28-17-6-5-8-18-11-12-21-14-13-19-9-7-10-20-15-16-22(18)24(21)23(19)20/h7,9-16H,3-6,8,17H2,1-2H3.